The molecule has 5 rings (SSSR count). The molecule has 0 unspecified atom stereocenters. The van der Waals surface area contributed by atoms with Gasteiger partial charge in [0.05, 0.1) is 17.5 Å². The monoisotopic (exact) mass is 381 g/mol. The number of fused-ring (bicyclic) bond motifs is 1. The van der Waals surface area contributed by atoms with Gasteiger partial charge in [0, 0.05) is 38.4 Å². The fourth-order valence-electron chi connectivity index (χ4n) is 4.07. The number of carbonyl (C=O) groups is 1. The number of amides is 1. The van der Waals surface area contributed by atoms with Crippen LogP contribution in [0.4, 0.5) is 0 Å². The fraction of sp³-hybridized carbons (Fsp3) is 0.474. The number of nitrogens with one attached hydrogen (secondary N) is 1. The van der Waals surface area contributed by atoms with Gasteiger partial charge >= 0.3 is 0 Å². The third-order valence-corrected chi connectivity index (χ3v) is 6.02. The highest BCUT2D eigenvalue weighted by Gasteiger charge is 2.30. The lowest BCUT2D eigenvalue weighted by molar-refractivity contribution is 0.0455. The SMILES string of the molecule is Cc1c(C(=O)N2CCN(C3CCC3)CC2)cnn1-c1nn2cccc2c(=O)[nH]1. The van der Waals surface area contributed by atoms with Crippen molar-refractivity contribution >= 4 is 11.4 Å². The molecule has 1 saturated heterocycles. The number of H-pyrrole nitrogens is 1. The van der Waals surface area contributed by atoms with E-state index in [-0.39, 0.29) is 11.5 Å². The average molecular weight is 381 g/mol. The summed E-state index contributed by atoms with van der Waals surface area (Å²) >= 11 is 0. The Balaban J connectivity index is 1.37. The summed E-state index contributed by atoms with van der Waals surface area (Å²) in [5, 5.41) is 8.70. The zero-order valence-corrected chi connectivity index (χ0v) is 15.8. The molecule has 3 aromatic rings. The van der Waals surface area contributed by atoms with E-state index in [1.54, 1.807) is 24.5 Å². The largest absolute Gasteiger partial charge is 0.336 e. The van der Waals surface area contributed by atoms with Crippen LogP contribution in [0.1, 0.15) is 35.3 Å². The van der Waals surface area contributed by atoms with E-state index in [2.05, 4.69) is 20.1 Å². The van der Waals surface area contributed by atoms with E-state index in [1.165, 1.54) is 28.5 Å². The van der Waals surface area contributed by atoms with Gasteiger partial charge in [-0.25, -0.2) is 9.20 Å². The van der Waals surface area contributed by atoms with E-state index in [0.29, 0.717) is 28.8 Å². The van der Waals surface area contributed by atoms with Gasteiger partial charge in [-0.15, -0.1) is 5.10 Å². The average Bonchev–Trinajstić information content (AvgIpc) is 3.27. The zero-order chi connectivity index (χ0) is 19.3. The maximum absolute atomic E-state index is 13.0. The molecule has 9 heteroatoms. The number of aromatic nitrogens is 5. The topological polar surface area (TPSA) is 91.5 Å². The number of hydrogen-bond acceptors (Lipinski definition) is 5. The molecule has 0 bridgehead atoms. The van der Waals surface area contributed by atoms with Crippen molar-refractivity contribution in [3.05, 3.63) is 46.1 Å². The Morgan fingerprint density at radius 3 is 2.71 bits per heavy atom. The number of carbonyl (C=O) groups excluding carboxylic acids is 1. The fourth-order valence-corrected chi connectivity index (χ4v) is 4.07. The zero-order valence-electron chi connectivity index (χ0n) is 15.8. The Labute approximate surface area is 161 Å². The van der Waals surface area contributed by atoms with E-state index in [9.17, 15) is 9.59 Å². The van der Waals surface area contributed by atoms with Gasteiger partial charge in [0.15, 0.2) is 0 Å². The predicted molar refractivity (Wildman–Crippen MR) is 103 cm³/mol. The van der Waals surface area contributed by atoms with Gasteiger partial charge in [0.2, 0.25) is 5.95 Å². The van der Waals surface area contributed by atoms with E-state index >= 15 is 0 Å². The van der Waals surface area contributed by atoms with Crippen molar-refractivity contribution in [3.8, 4) is 5.95 Å². The summed E-state index contributed by atoms with van der Waals surface area (Å²) in [4.78, 5) is 32.4. The van der Waals surface area contributed by atoms with Crippen molar-refractivity contribution in [1.29, 1.82) is 0 Å². The van der Waals surface area contributed by atoms with Crippen LogP contribution in [0.25, 0.3) is 11.5 Å². The molecule has 0 aromatic carbocycles. The van der Waals surface area contributed by atoms with Crippen LogP contribution in [0.3, 0.4) is 0 Å². The smallest absolute Gasteiger partial charge is 0.276 e. The van der Waals surface area contributed by atoms with Crippen molar-refractivity contribution in [2.24, 2.45) is 0 Å². The molecular weight excluding hydrogens is 358 g/mol. The molecule has 28 heavy (non-hydrogen) atoms. The first kappa shape index (κ1) is 17.2. The van der Waals surface area contributed by atoms with Gasteiger partial charge in [-0.2, -0.15) is 5.10 Å². The van der Waals surface area contributed by atoms with Crippen molar-refractivity contribution < 1.29 is 4.79 Å². The summed E-state index contributed by atoms with van der Waals surface area (Å²) in [5.74, 6) is 0.279. The Morgan fingerprint density at radius 1 is 1.21 bits per heavy atom. The molecule has 4 heterocycles. The van der Waals surface area contributed by atoms with Gasteiger partial charge in [0.25, 0.3) is 11.5 Å². The minimum absolute atomic E-state index is 0.0126. The molecule has 3 aromatic heterocycles. The lowest BCUT2D eigenvalue weighted by Crippen LogP contribution is -2.53. The first-order chi connectivity index (χ1) is 13.6. The predicted octanol–water partition coefficient (Wildman–Crippen LogP) is 0.827. The quantitative estimate of drug-likeness (QED) is 0.726. The van der Waals surface area contributed by atoms with Crippen LogP contribution in [0.5, 0.6) is 0 Å². The van der Waals surface area contributed by atoms with Gasteiger partial charge in [0.1, 0.15) is 5.52 Å². The normalized spacial score (nSPS) is 18.5. The van der Waals surface area contributed by atoms with Crippen molar-refractivity contribution in [1.82, 2.24) is 34.2 Å². The van der Waals surface area contributed by atoms with E-state index < -0.39 is 0 Å². The molecule has 1 saturated carbocycles. The van der Waals surface area contributed by atoms with Crippen LogP contribution in [-0.4, -0.2) is 72.3 Å². The van der Waals surface area contributed by atoms with Crippen LogP contribution in [0.2, 0.25) is 0 Å². The van der Waals surface area contributed by atoms with E-state index in [0.717, 1.165) is 26.2 Å². The Bertz CT molecular complexity index is 1080. The second-order valence-corrected chi connectivity index (χ2v) is 7.58. The Hall–Kier alpha value is -2.94. The van der Waals surface area contributed by atoms with Crippen LogP contribution in [-0.2, 0) is 0 Å². The third-order valence-electron chi connectivity index (χ3n) is 6.02. The van der Waals surface area contributed by atoms with Gasteiger partial charge < -0.3 is 4.90 Å². The van der Waals surface area contributed by atoms with Crippen LogP contribution in [0, 0.1) is 6.92 Å². The van der Waals surface area contributed by atoms with Crippen LogP contribution < -0.4 is 5.56 Å². The molecule has 2 fully saturated rings. The molecule has 2 aliphatic rings. The Kier molecular flexibility index (Phi) is 4.04. The summed E-state index contributed by atoms with van der Waals surface area (Å²) < 4.78 is 3.02. The Morgan fingerprint density at radius 2 is 2.00 bits per heavy atom. The summed E-state index contributed by atoms with van der Waals surface area (Å²) in [6.07, 6.45) is 7.18. The second kappa shape index (κ2) is 6.59. The summed E-state index contributed by atoms with van der Waals surface area (Å²) in [7, 11) is 0. The highest BCUT2D eigenvalue weighted by molar-refractivity contribution is 5.95. The lowest BCUT2D eigenvalue weighted by atomic mass is 9.91. The van der Waals surface area contributed by atoms with Crippen molar-refractivity contribution in [2.75, 3.05) is 26.2 Å². The minimum atomic E-state index is -0.245. The second-order valence-electron chi connectivity index (χ2n) is 7.58. The van der Waals surface area contributed by atoms with Gasteiger partial charge in [-0.1, -0.05) is 6.42 Å². The minimum Gasteiger partial charge on any atom is -0.336 e. The molecular formula is C19H23N7O2. The number of rotatable bonds is 3. The highest BCUT2D eigenvalue weighted by atomic mass is 16.2. The van der Waals surface area contributed by atoms with Crippen LogP contribution >= 0.6 is 0 Å². The lowest BCUT2D eigenvalue weighted by Gasteiger charge is -2.42. The van der Waals surface area contributed by atoms with Crippen molar-refractivity contribution in [3.63, 3.8) is 0 Å². The van der Waals surface area contributed by atoms with E-state index in [1.807, 2.05) is 11.8 Å². The highest BCUT2D eigenvalue weighted by Crippen LogP contribution is 2.26. The number of nitrogens with zero attached hydrogens (tertiary/aromatic N) is 6. The molecule has 0 spiro atoms. The van der Waals surface area contributed by atoms with E-state index in [4.69, 9.17) is 0 Å². The summed E-state index contributed by atoms with van der Waals surface area (Å²) in [6, 6.07) is 4.17. The molecule has 146 valence electrons. The van der Waals surface area contributed by atoms with Crippen LogP contribution in [0.15, 0.2) is 29.3 Å². The first-order valence-corrected chi connectivity index (χ1v) is 9.78. The maximum atomic E-state index is 13.0. The molecule has 1 aliphatic carbocycles. The first-order valence-electron chi connectivity index (χ1n) is 9.78. The van der Waals surface area contributed by atoms with Crippen molar-refractivity contribution in [2.45, 2.75) is 32.2 Å². The molecule has 0 atom stereocenters. The number of aromatic amines is 1. The summed E-state index contributed by atoms with van der Waals surface area (Å²) in [6.45, 7) is 5.17. The number of hydrogen-bond donors (Lipinski definition) is 1. The standard InChI is InChI=1S/C19H23N7O2/c1-13-15(18(28)24-10-8-23(9-11-24)14-4-2-5-14)12-20-26(13)19-21-17(27)16-6-3-7-25(16)22-19/h3,6-7,12,14H,2,4-5,8-11H2,1H3,(H,21,22,27). The maximum Gasteiger partial charge on any atom is 0.276 e. The molecule has 1 amide bonds. The summed E-state index contributed by atoms with van der Waals surface area (Å²) in [5.41, 5.74) is 1.44. The number of piperazine rings is 1. The molecule has 9 nitrogen and oxygen atoms in total. The molecule has 1 N–H and O–H groups in total. The molecule has 1 aliphatic heterocycles. The van der Waals surface area contributed by atoms with Gasteiger partial charge in [-0.05, 0) is 31.9 Å². The third kappa shape index (κ3) is 2.73. The molecule has 0 radical (unpaired) electrons. The van der Waals surface area contributed by atoms with Gasteiger partial charge in [-0.3, -0.25) is 19.5 Å².